The number of anilines is 2. The van der Waals surface area contributed by atoms with Crippen LogP contribution >= 0.6 is 11.6 Å². The summed E-state index contributed by atoms with van der Waals surface area (Å²) >= 11 is 5.94. The van der Waals surface area contributed by atoms with Crippen molar-refractivity contribution in [3.05, 3.63) is 93.8 Å². The molecule has 0 atom stereocenters. The molecular weight excluding hydrogens is 465 g/mol. The molecule has 0 bridgehead atoms. The number of para-hydroxylation sites is 1. The van der Waals surface area contributed by atoms with E-state index in [0.717, 1.165) is 23.3 Å². The van der Waals surface area contributed by atoms with Gasteiger partial charge < -0.3 is 5.32 Å². The number of carbonyl (C=O) groups excluding carboxylic acids is 1. The van der Waals surface area contributed by atoms with Gasteiger partial charge in [-0.3, -0.25) is 9.52 Å². The Bertz CT molecular complexity index is 1350. The van der Waals surface area contributed by atoms with E-state index in [-0.39, 0.29) is 26.7 Å². The number of hydrogen-bond acceptors (Lipinski definition) is 4. The van der Waals surface area contributed by atoms with Gasteiger partial charge in [-0.1, -0.05) is 35.9 Å². The van der Waals surface area contributed by atoms with E-state index in [9.17, 15) is 22.9 Å². The molecular formula is C24H19ClFN3O3S. The van der Waals surface area contributed by atoms with Gasteiger partial charge in [-0.25, -0.2) is 12.8 Å². The zero-order chi connectivity index (χ0) is 24.2. The fourth-order valence-corrected chi connectivity index (χ4v) is 4.45. The highest BCUT2D eigenvalue weighted by atomic mass is 35.5. The first-order valence-electron chi connectivity index (χ1n) is 9.68. The molecule has 0 saturated heterocycles. The lowest BCUT2D eigenvalue weighted by Gasteiger charge is -2.13. The van der Waals surface area contributed by atoms with Crippen molar-refractivity contribution in [1.82, 2.24) is 0 Å². The molecule has 0 aromatic heterocycles. The van der Waals surface area contributed by atoms with E-state index in [4.69, 9.17) is 11.6 Å². The first-order chi connectivity index (χ1) is 15.6. The highest BCUT2D eigenvalue weighted by Crippen LogP contribution is 2.25. The molecule has 3 aromatic rings. The lowest BCUT2D eigenvalue weighted by atomic mass is 10.1. The van der Waals surface area contributed by atoms with Crippen molar-refractivity contribution < 1.29 is 17.6 Å². The number of hydrogen-bond donors (Lipinski definition) is 2. The molecule has 33 heavy (non-hydrogen) atoms. The zero-order valence-electron chi connectivity index (χ0n) is 17.7. The van der Waals surface area contributed by atoms with Crippen molar-refractivity contribution in [2.24, 2.45) is 0 Å². The summed E-state index contributed by atoms with van der Waals surface area (Å²) in [5.41, 5.74) is 1.89. The number of nitriles is 1. The average Bonchev–Trinajstić information content (AvgIpc) is 2.76. The number of rotatable bonds is 6. The van der Waals surface area contributed by atoms with Gasteiger partial charge in [0.25, 0.3) is 15.9 Å². The third kappa shape index (κ3) is 5.58. The van der Waals surface area contributed by atoms with Gasteiger partial charge in [-0.2, -0.15) is 5.26 Å². The Morgan fingerprint density at radius 3 is 2.21 bits per heavy atom. The summed E-state index contributed by atoms with van der Waals surface area (Å²) in [4.78, 5) is 12.5. The molecule has 0 saturated carbocycles. The van der Waals surface area contributed by atoms with Crippen LogP contribution in [0.1, 0.15) is 16.7 Å². The molecule has 9 heteroatoms. The smallest absolute Gasteiger partial charge is 0.266 e. The monoisotopic (exact) mass is 483 g/mol. The van der Waals surface area contributed by atoms with Crippen molar-refractivity contribution >= 4 is 45.0 Å². The lowest BCUT2D eigenvalue weighted by molar-refractivity contribution is -0.112. The molecule has 0 fully saturated rings. The predicted octanol–water partition coefficient (Wildman–Crippen LogP) is 5.44. The number of nitrogens with zero attached hydrogens (tertiary/aromatic N) is 1. The zero-order valence-corrected chi connectivity index (χ0v) is 19.3. The normalized spacial score (nSPS) is 11.5. The van der Waals surface area contributed by atoms with Crippen molar-refractivity contribution in [3.63, 3.8) is 0 Å². The minimum atomic E-state index is -3.86. The molecule has 0 aliphatic rings. The SMILES string of the molecule is Cc1cccc(C)c1NS(=O)(=O)c1ccc(NC(=O)/C(C#N)=C/c2c(F)cccc2Cl)cc1. The number of halogens is 2. The van der Waals surface area contributed by atoms with Crippen LogP contribution in [0.5, 0.6) is 0 Å². The number of aryl methyl sites for hydroxylation is 2. The largest absolute Gasteiger partial charge is 0.321 e. The maximum absolute atomic E-state index is 14.0. The fourth-order valence-electron chi connectivity index (χ4n) is 3.03. The molecule has 0 heterocycles. The number of nitrogens with one attached hydrogen (secondary N) is 2. The number of sulfonamides is 1. The van der Waals surface area contributed by atoms with Crippen LogP contribution in [0.15, 0.2) is 71.1 Å². The van der Waals surface area contributed by atoms with E-state index < -0.39 is 21.7 Å². The van der Waals surface area contributed by atoms with Gasteiger partial charge in [0.2, 0.25) is 0 Å². The van der Waals surface area contributed by atoms with Crippen LogP contribution in [-0.2, 0) is 14.8 Å². The average molecular weight is 484 g/mol. The summed E-state index contributed by atoms with van der Waals surface area (Å²) in [6.07, 6.45) is 1.06. The Morgan fingerprint density at radius 1 is 1.03 bits per heavy atom. The van der Waals surface area contributed by atoms with Gasteiger partial charge >= 0.3 is 0 Å². The van der Waals surface area contributed by atoms with Crippen molar-refractivity contribution in [2.75, 3.05) is 10.0 Å². The van der Waals surface area contributed by atoms with Crippen LogP contribution in [0, 0.1) is 31.0 Å². The lowest BCUT2D eigenvalue weighted by Crippen LogP contribution is -2.16. The first kappa shape index (κ1) is 24.0. The minimum Gasteiger partial charge on any atom is -0.321 e. The summed E-state index contributed by atoms with van der Waals surface area (Å²) in [6.45, 7) is 3.61. The molecule has 0 aliphatic carbocycles. The highest BCUT2D eigenvalue weighted by molar-refractivity contribution is 7.92. The van der Waals surface area contributed by atoms with Gasteiger partial charge in [0.15, 0.2) is 0 Å². The summed E-state index contributed by atoms with van der Waals surface area (Å²) in [5.74, 6) is -1.46. The van der Waals surface area contributed by atoms with Crippen LogP contribution in [0.25, 0.3) is 6.08 Å². The molecule has 0 spiro atoms. The number of benzene rings is 3. The van der Waals surface area contributed by atoms with Crippen LogP contribution in [0.4, 0.5) is 15.8 Å². The van der Waals surface area contributed by atoms with Crippen LogP contribution in [0.2, 0.25) is 5.02 Å². The van der Waals surface area contributed by atoms with Crippen LogP contribution in [-0.4, -0.2) is 14.3 Å². The van der Waals surface area contributed by atoms with Gasteiger partial charge in [-0.05, 0) is 67.4 Å². The van der Waals surface area contributed by atoms with E-state index in [1.165, 1.54) is 36.4 Å². The molecule has 0 radical (unpaired) electrons. The summed E-state index contributed by atoms with van der Waals surface area (Å²) in [5, 5.41) is 11.9. The second-order valence-corrected chi connectivity index (χ2v) is 9.25. The van der Waals surface area contributed by atoms with Crippen molar-refractivity contribution in [2.45, 2.75) is 18.7 Å². The maximum atomic E-state index is 14.0. The van der Waals surface area contributed by atoms with E-state index in [1.807, 2.05) is 6.07 Å². The molecule has 0 unspecified atom stereocenters. The summed E-state index contributed by atoms with van der Waals surface area (Å²) < 4.78 is 42.1. The van der Waals surface area contributed by atoms with Gasteiger partial charge in [0, 0.05) is 11.3 Å². The standard InChI is InChI=1S/C24H19ClFN3O3S/c1-15-5-3-6-16(2)23(15)29-33(31,32)19-11-9-18(10-12-19)28-24(30)17(14-27)13-20-21(25)7-4-8-22(20)26/h3-13,29H,1-2H3,(H,28,30)/b17-13+. The van der Waals surface area contributed by atoms with E-state index in [1.54, 1.807) is 32.0 Å². The number of carbonyl (C=O) groups is 1. The summed E-state index contributed by atoms with van der Waals surface area (Å²) in [7, 11) is -3.86. The predicted molar refractivity (Wildman–Crippen MR) is 127 cm³/mol. The van der Waals surface area contributed by atoms with Gasteiger partial charge in [0.05, 0.1) is 15.6 Å². The Labute approximate surface area is 196 Å². The second kappa shape index (κ2) is 9.86. The van der Waals surface area contributed by atoms with E-state index >= 15 is 0 Å². The molecule has 3 aromatic carbocycles. The quantitative estimate of drug-likeness (QED) is 0.360. The van der Waals surface area contributed by atoms with Crippen molar-refractivity contribution in [1.29, 1.82) is 5.26 Å². The van der Waals surface area contributed by atoms with Crippen molar-refractivity contribution in [3.8, 4) is 6.07 Å². The highest BCUT2D eigenvalue weighted by Gasteiger charge is 2.17. The number of amides is 1. The third-order valence-electron chi connectivity index (χ3n) is 4.79. The molecule has 6 nitrogen and oxygen atoms in total. The molecule has 3 rings (SSSR count). The van der Waals surface area contributed by atoms with Gasteiger partial charge in [0.1, 0.15) is 17.5 Å². The molecule has 0 aliphatic heterocycles. The fraction of sp³-hybridized carbons (Fsp3) is 0.0833. The Morgan fingerprint density at radius 2 is 1.64 bits per heavy atom. The minimum absolute atomic E-state index is 0.00246. The van der Waals surface area contributed by atoms with E-state index in [2.05, 4.69) is 10.0 Å². The molecule has 2 N–H and O–H groups in total. The van der Waals surface area contributed by atoms with E-state index in [0.29, 0.717) is 5.69 Å². The Kier molecular flexibility index (Phi) is 7.16. The Hall–Kier alpha value is -3.67. The summed E-state index contributed by atoms with van der Waals surface area (Å²) in [6, 6.07) is 16.6. The van der Waals surface area contributed by atoms with Crippen LogP contribution in [0.3, 0.4) is 0 Å². The van der Waals surface area contributed by atoms with Crippen LogP contribution < -0.4 is 10.0 Å². The molecule has 168 valence electrons. The molecule has 1 amide bonds. The second-order valence-electron chi connectivity index (χ2n) is 7.16. The Balaban J connectivity index is 1.79. The topological polar surface area (TPSA) is 99.1 Å². The van der Waals surface area contributed by atoms with Gasteiger partial charge in [-0.15, -0.1) is 0 Å². The third-order valence-corrected chi connectivity index (χ3v) is 6.49. The maximum Gasteiger partial charge on any atom is 0.266 e. The first-order valence-corrected chi connectivity index (χ1v) is 11.5.